The van der Waals surface area contributed by atoms with Gasteiger partial charge in [0, 0.05) is 41.5 Å². The zero-order valence-electron chi connectivity index (χ0n) is 12.2. The van der Waals surface area contributed by atoms with E-state index in [1.54, 1.807) is 7.11 Å². The number of aromatic nitrogens is 1. The van der Waals surface area contributed by atoms with Crippen molar-refractivity contribution in [3.63, 3.8) is 0 Å². The molecule has 3 heteroatoms. The highest BCUT2D eigenvalue weighted by atomic mass is 16.5. The average molecular weight is 268 g/mol. The average Bonchev–Trinajstić information content (AvgIpc) is 2.75. The molecule has 1 aromatic heterocycles. The molecule has 104 valence electrons. The summed E-state index contributed by atoms with van der Waals surface area (Å²) in [4.78, 5) is 4.61. The molecule has 0 saturated carbocycles. The summed E-state index contributed by atoms with van der Waals surface area (Å²) in [6.07, 6.45) is 2.87. The first kappa shape index (κ1) is 13.0. The molecule has 3 nitrogen and oxygen atoms in total. The highest BCUT2D eigenvalue weighted by molar-refractivity contribution is 5.59. The van der Waals surface area contributed by atoms with Crippen molar-refractivity contribution in [2.75, 3.05) is 19.0 Å². The van der Waals surface area contributed by atoms with Crippen LogP contribution < -0.4 is 10.1 Å². The maximum Gasteiger partial charge on any atom is 0.118 e. The number of methoxy groups -OCH3 is 1. The van der Waals surface area contributed by atoms with Gasteiger partial charge >= 0.3 is 0 Å². The molecule has 1 aromatic carbocycles. The minimum Gasteiger partial charge on any atom is -0.497 e. The smallest absolute Gasteiger partial charge is 0.118 e. The van der Waals surface area contributed by atoms with E-state index in [2.05, 4.69) is 42.3 Å². The van der Waals surface area contributed by atoms with E-state index in [0.29, 0.717) is 0 Å². The quantitative estimate of drug-likeness (QED) is 0.926. The Kier molecular flexibility index (Phi) is 3.13. The zero-order chi connectivity index (χ0) is 14.2. The first-order chi connectivity index (χ1) is 9.58. The van der Waals surface area contributed by atoms with Gasteiger partial charge in [-0.05, 0) is 23.8 Å². The second kappa shape index (κ2) is 4.82. The van der Waals surface area contributed by atoms with Crippen LogP contribution in [0.15, 0.2) is 36.5 Å². The Labute approximate surface area is 120 Å². The van der Waals surface area contributed by atoms with Gasteiger partial charge in [0.1, 0.15) is 5.75 Å². The Bertz CT molecular complexity index is 617. The number of ether oxygens (including phenoxy) is 1. The molecule has 2 heterocycles. The number of pyridine rings is 1. The largest absolute Gasteiger partial charge is 0.497 e. The Balaban J connectivity index is 1.82. The van der Waals surface area contributed by atoms with E-state index in [1.165, 1.54) is 16.8 Å². The van der Waals surface area contributed by atoms with Crippen molar-refractivity contribution in [3.8, 4) is 5.75 Å². The predicted octanol–water partition coefficient (Wildman–Crippen LogP) is 3.38. The number of nitrogens with one attached hydrogen (secondary N) is 1. The van der Waals surface area contributed by atoms with Crippen molar-refractivity contribution in [2.24, 2.45) is 0 Å². The van der Waals surface area contributed by atoms with E-state index >= 15 is 0 Å². The van der Waals surface area contributed by atoms with Crippen LogP contribution in [0, 0.1) is 0 Å². The third-order valence-corrected chi connectivity index (χ3v) is 3.95. The molecule has 1 N–H and O–H groups in total. The molecular weight excluding hydrogens is 248 g/mol. The Hall–Kier alpha value is -2.03. The summed E-state index contributed by atoms with van der Waals surface area (Å²) in [5, 5.41) is 3.47. The van der Waals surface area contributed by atoms with Crippen molar-refractivity contribution >= 4 is 5.69 Å². The van der Waals surface area contributed by atoms with Gasteiger partial charge in [0.15, 0.2) is 0 Å². The van der Waals surface area contributed by atoms with Gasteiger partial charge in [0.2, 0.25) is 0 Å². The minimum absolute atomic E-state index is 0.182. The topological polar surface area (TPSA) is 34.1 Å². The lowest BCUT2D eigenvalue weighted by Gasteiger charge is -2.16. The van der Waals surface area contributed by atoms with Crippen LogP contribution in [-0.2, 0) is 11.8 Å². The van der Waals surface area contributed by atoms with E-state index in [-0.39, 0.29) is 5.41 Å². The van der Waals surface area contributed by atoms with Gasteiger partial charge in [0.25, 0.3) is 0 Å². The molecule has 2 aromatic rings. The summed E-state index contributed by atoms with van der Waals surface area (Å²) >= 11 is 0. The number of fused-ring (bicyclic) bond motifs is 1. The second-order valence-electron chi connectivity index (χ2n) is 5.98. The molecule has 0 bridgehead atoms. The van der Waals surface area contributed by atoms with Crippen LogP contribution >= 0.6 is 0 Å². The van der Waals surface area contributed by atoms with Gasteiger partial charge in [-0.2, -0.15) is 0 Å². The molecular formula is C17H20N2O. The maximum absolute atomic E-state index is 5.18. The summed E-state index contributed by atoms with van der Waals surface area (Å²) in [5.74, 6) is 0.888. The van der Waals surface area contributed by atoms with E-state index in [9.17, 15) is 0 Å². The van der Waals surface area contributed by atoms with Gasteiger partial charge in [-0.1, -0.05) is 26.0 Å². The Morgan fingerprint density at radius 3 is 2.70 bits per heavy atom. The lowest BCUT2D eigenvalue weighted by molar-refractivity contribution is 0.414. The summed E-state index contributed by atoms with van der Waals surface area (Å²) in [6, 6.07) is 10.3. The molecule has 0 fully saturated rings. The number of hydrogen-bond donors (Lipinski definition) is 1. The minimum atomic E-state index is 0.182. The summed E-state index contributed by atoms with van der Waals surface area (Å²) in [5.41, 5.74) is 5.07. The van der Waals surface area contributed by atoms with Crippen molar-refractivity contribution < 1.29 is 4.74 Å². The number of benzene rings is 1. The summed E-state index contributed by atoms with van der Waals surface area (Å²) < 4.78 is 5.18. The van der Waals surface area contributed by atoms with Crippen LogP contribution in [0.2, 0.25) is 0 Å². The highest BCUT2D eigenvalue weighted by Crippen LogP contribution is 2.35. The van der Waals surface area contributed by atoms with Crippen LogP contribution in [0.5, 0.6) is 5.75 Å². The molecule has 0 spiro atoms. The summed E-state index contributed by atoms with van der Waals surface area (Å²) in [7, 11) is 1.68. The standard InChI is InChI=1S/C17H20N2O/c1-17(2)11-19-16-9-13(18-10-15(16)17)8-12-4-6-14(20-3)7-5-12/h4-7,9-10,19H,8,11H2,1-3H3. The molecule has 0 radical (unpaired) electrons. The van der Waals surface area contributed by atoms with Gasteiger partial charge in [-0.3, -0.25) is 4.98 Å². The predicted molar refractivity (Wildman–Crippen MR) is 81.6 cm³/mol. The Morgan fingerprint density at radius 1 is 1.25 bits per heavy atom. The van der Waals surface area contributed by atoms with E-state index < -0.39 is 0 Å². The SMILES string of the molecule is COc1ccc(Cc2cc3c(cn2)C(C)(C)CN3)cc1. The van der Waals surface area contributed by atoms with Gasteiger partial charge in [0.05, 0.1) is 7.11 Å². The molecule has 0 atom stereocenters. The normalized spacial score (nSPS) is 15.6. The molecule has 0 saturated heterocycles. The first-order valence-corrected chi connectivity index (χ1v) is 6.95. The lowest BCUT2D eigenvalue weighted by atomic mass is 9.88. The molecule has 0 amide bonds. The van der Waals surface area contributed by atoms with Crippen LogP contribution in [0.3, 0.4) is 0 Å². The van der Waals surface area contributed by atoms with Crippen molar-refractivity contribution in [1.82, 2.24) is 4.98 Å². The first-order valence-electron chi connectivity index (χ1n) is 6.95. The van der Waals surface area contributed by atoms with Gasteiger partial charge < -0.3 is 10.1 Å². The lowest BCUT2D eigenvalue weighted by Crippen LogP contribution is -2.19. The third-order valence-electron chi connectivity index (χ3n) is 3.95. The fraction of sp³-hybridized carbons (Fsp3) is 0.353. The zero-order valence-corrected chi connectivity index (χ0v) is 12.2. The molecule has 1 aliphatic rings. The van der Waals surface area contributed by atoms with Gasteiger partial charge in [-0.15, -0.1) is 0 Å². The number of nitrogens with zero attached hydrogens (tertiary/aromatic N) is 1. The van der Waals surface area contributed by atoms with Crippen molar-refractivity contribution in [2.45, 2.75) is 25.7 Å². The highest BCUT2D eigenvalue weighted by Gasteiger charge is 2.29. The molecule has 3 rings (SSSR count). The molecule has 20 heavy (non-hydrogen) atoms. The van der Waals surface area contributed by atoms with Crippen molar-refractivity contribution in [1.29, 1.82) is 0 Å². The van der Waals surface area contributed by atoms with Crippen LogP contribution in [0.4, 0.5) is 5.69 Å². The van der Waals surface area contributed by atoms with E-state index in [4.69, 9.17) is 4.74 Å². The fourth-order valence-electron chi connectivity index (χ4n) is 2.64. The Morgan fingerprint density at radius 2 is 2.00 bits per heavy atom. The van der Waals surface area contributed by atoms with Gasteiger partial charge in [-0.25, -0.2) is 0 Å². The number of anilines is 1. The summed E-state index contributed by atoms with van der Waals surface area (Å²) in [6.45, 7) is 5.48. The van der Waals surface area contributed by atoms with Crippen LogP contribution in [0.25, 0.3) is 0 Å². The second-order valence-corrected chi connectivity index (χ2v) is 5.98. The third kappa shape index (κ3) is 2.36. The van der Waals surface area contributed by atoms with Crippen LogP contribution in [0.1, 0.15) is 30.7 Å². The van der Waals surface area contributed by atoms with E-state index in [0.717, 1.165) is 24.4 Å². The molecule has 0 unspecified atom stereocenters. The van der Waals surface area contributed by atoms with Crippen LogP contribution in [-0.4, -0.2) is 18.6 Å². The number of hydrogen-bond acceptors (Lipinski definition) is 3. The monoisotopic (exact) mass is 268 g/mol. The molecule has 0 aliphatic carbocycles. The maximum atomic E-state index is 5.18. The van der Waals surface area contributed by atoms with Crippen molar-refractivity contribution in [3.05, 3.63) is 53.3 Å². The van der Waals surface area contributed by atoms with E-state index in [1.807, 2.05) is 18.3 Å². The molecule has 1 aliphatic heterocycles. The number of rotatable bonds is 3. The fourth-order valence-corrected chi connectivity index (χ4v) is 2.64.